The maximum Gasteiger partial charge on any atom is 0.415 e. The molecule has 0 aliphatic heterocycles. The lowest BCUT2D eigenvalue weighted by molar-refractivity contribution is -0.137. The van der Waals surface area contributed by atoms with Crippen LogP contribution in [0.25, 0.3) is 131 Å². The third kappa shape index (κ3) is 5.29. The van der Waals surface area contributed by atoms with Crippen LogP contribution in [0.3, 0.4) is 0 Å². The van der Waals surface area contributed by atoms with E-state index in [1.54, 1.807) is 0 Å². The molecule has 0 fully saturated rings. The van der Waals surface area contributed by atoms with Crippen molar-refractivity contribution in [2.24, 2.45) is 0 Å². The number of rotatable bonds is 4. The molecule has 13 rings (SSSR count). The number of hydrogen-bond donors (Lipinski definition) is 0. The average Bonchev–Trinajstić information content (AvgIpc) is 4.11. The van der Waals surface area contributed by atoms with Crippen LogP contribution in [-0.2, 0) is 6.18 Å². The molecule has 0 unspecified atom stereocenters. The number of para-hydroxylation sites is 4. The Bertz CT molecular complexity index is 4320. The minimum atomic E-state index is -4.62. The van der Waals surface area contributed by atoms with Crippen LogP contribution in [-0.4, -0.2) is 9.13 Å². The second kappa shape index (κ2) is 13.7. The van der Waals surface area contributed by atoms with Gasteiger partial charge in [0, 0.05) is 43.6 Å². The predicted molar refractivity (Wildman–Crippen MR) is 258 cm³/mol. The van der Waals surface area contributed by atoms with Gasteiger partial charge in [0.05, 0.1) is 51.7 Å². The lowest BCUT2D eigenvalue weighted by Gasteiger charge is -2.19. The maximum atomic E-state index is 14.0. The van der Waals surface area contributed by atoms with Gasteiger partial charge in [-0.3, -0.25) is 0 Å². The number of benzene rings is 9. The van der Waals surface area contributed by atoms with Gasteiger partial charge in [0.2, 0.25) is 0 Å². The maximum absolute atomic E-state index is 14.0. The van der Waals surface area contributed by atoms with Crippen molar-refractivity contribution in [3.8, 4) is 33.6 Å². The molecule has 0 amide bonds. The fourth-order valence-electron chi connectivity index (χ4n) is 10.1. The summed E-state index contributed by atoms with van der Waals surface area (Å²) in [6, 6.07) is 55.4. The SMILES string of the molecule is [C-]#[N+]c1cc(C(F)(F)F)ccc1-c1ccc(-n2c3ccccc3c3c4oc5ccccc5c4ccc32)c(-c2cc(-n3c4ccccc4c4c5oc6ccccc6c5ccc43)ccc2[N+]#[C-])c1. The van der Waals surface area contributed by atoms with E-state index in [0.29, 0.717) is 27.9 Å². The highest BCUT2D eigenvalue weighted by Crippen LogP contribution is 2.47. The van der Waals surface area contributed by atoms with Crippen LogP contribution in [0.2, 0.25) is 0 Å². The standard InChI is InChI=1S/C57H29F3N4O2/c1-61-44-25-21-34(63-46-15-7-3-13-40(46)53-49(63)27-23-38-36-11-5-9-17-51(36)65-55(38)53)31-42(44)43-29-32(35-22-20-33(57(58,59)60)30-45(35)62-2)19-26-48(43)64-47-16-8-4-14-41(47)54-50(64)28-24-39-37-12-6-10-18-52(37)66-56(39)54/h3-31H. The largest absolute Gasteiger partial charge is 0.455 e. The molecule has 0 aliphatic rings. The van der Waals surface area contributed by atoms with Gasteiger partial charge in [-0.25, -0.2) is 9.69 Å². The van der Waals surface area contributed by atoms with Crippen LogP contribution in [0.1, 0.15) is 5.56 Å². The lowest BCUT2D eigenvalue weighted by Crippen LogP contribution is -2.04. The van der Waals surface area contributed by atoms with Crippen molar-refractivity contribution in [2.75, 3.05) is 0 Å². The van der Waals surface area contributed by atoms with Gasteiger partial charge in [-0.05, 0) is 101 Å². The zero-order valence-electron chi connectivity index (χ0n) is 34.5. The molecule has 0 atom stereocenters. The van der Waals surface area contributed by atoms with Crippen molar-refractivity contribution >= 4 is 98.9 Å². The minimum Gasteiger partial charge on any atom is -0.455 e. The minimum absolute atomic E-state index is 0.131. The number of fused-ring (bicyclic) bond motifs is 14. The first kappa shape index (κ1) is 37.5. The van der Waals surface area contributed by atoms with E-state index in [-0.39, 0.29) is 5.69 Å². The molecule has 0 aliphatic carbocycles. The van der Waals surface area contributed by atoms with Crippen molar-refractivity contribution in [1.29, 1.82) is 0 Å². The molecule has 0 N–H and O–H groups in total. The van der Waals surface area contributed by atoms with E-state index in [1.807, 2.05) is 97.1 Å². The van der Waals surface area contributed by atoms with E-state index >= 15 is 0 Å². The summed E-state index contributed by atoms with van der Waals surface area (Å²) in [6.07, 6.45) is -4.62. The zero-order chi connectivity index (χ0) is 44.4. The molecule has 0 saturated carbocycles. The molecule has 0 bridgehead atoms. The third-order valence-corrected chi connectivity index (χ3v) is 13.0. The number of hydrogen-bond acceptors (Lipinski definition) is 2. The van der Waals surface area contributed by atoms with E-state index in [1.165, 1.54) is 6.07 Å². The van der Waals surface area contributed by atoms with E-state index in [0.717, 1.165) is 111 Å². The smallest absolute Gasteiger partial charge is 0.415 e. The Morgan fingerprint density at radius 1 is 0.424 bits per heavy atom. The number of furan rings is 2. The van der Waals surface area contributed by atoms with E-state index in [4.69, 9.17) is 22.0 Å². The quantitative estimate of drug-likeness (QED) is 0.166. The Morgan fingerprint density at radius 3 is 1.59 bits per heavy atom. The number of alkyl halides is 3. The van der Waals surface area contributed by atoms with Crippen LogP contribution in [0, 0.1) is 13.1 Å². The monoisotopic (exact) mass is 858 g/mol. The van der Waals surface area contributed by atoms with Crippen LogP contribution >= 0.6 is 0 Å². The van der Waals surface area contributed by atoms with Crippen LogP contribution in [0.4, 0.5) is 24.5 Å². The predicted octanol–water partition coefficient (Wildman–Crippen LogP) is 17.1. The summed E-state index contributed by atoms with van der Waals surface area (Å²) in [5.41, 5.74) is 9.71. The molecular weight excluding hydrogens is 830 g/mol. The third-order valence-electron chi connectivity index (χ3n) is 13.0. The molecule has 0 spiro atoms. The molecule has 9 aromatic carbocycles. The van der Waals surface area contributed by atoms with E-state index < -0.39 is 11.7 Å². The Labute approximate surface area is 372 Å². The van der Waals surface area contributed by atoms with Gasteiger partial charge in [-0.1, -0.05) is 97.1 Å². The first-order valence-electron chi connectivity index (χ1n) is 21.2. The van der Waals surface area contributed by atoms with Gasteiger partial charge < -0.3 is 18.0 Å². The lowest BCUT2D eigenvalue weighted by atomic mass is 9.94. The van der Waals surface area contributed by atoms with E-state index in [2.05, 4.69) is 79.5 Å². The number of halogens is 3. The molecule has 310 valence electrons. The summed E-state index contributed by atoms with van der Waals surface area (Å²) >= 11 is 0. The average molecular weight is 859 g/mol. The summed E-state index contributed by atoms with van der Waals surface area (Å²) in [5.74, 6) is 0. The first-order chi connectivity index (χ1) is 32.3. The van der Waals surface area contributed by atoms with Gasteiger partial charge in [0.25, 0.3) is 0 Å². The summed E-state index contributed by atoms with van der Waals surface area (Å²) < 4.78 is 59.4. The highest BCUT2D eigenvalue weighted by atomic mass is 19.4. The number of aromatic nitrogens is 2. The van der Waals surface area contributed by atoms with Crippen LogP contribution < -0.4 is 0 Å². The molecule has 0 saturated heterocycles. The first-order valence-corrected chi connectivity index (χ1v) is 21.2. The fraction of sp³-hybridized carbons (Fsp3) is 0.0175. The summed E-state index contributed by atoms with van der Waals surface area (Å²) in [7, 11) is 0. The highest BCUT2D eigenvalue weighted by Gasteiger charge is 2.31. The molecule has 6 nitrogen and oxygen atoms in total. The topological polar surface area (TPSA) is 44.9 Å². The van der Waals surface area contributed by atoms with Crippen LogP contribution in [0.15, 0.2) is 185 Å². The normalized spacial score (nSPS) is 12.1. The van der Waals surface area contributed by atoms with Gasteiger partial charge >= 0.3 is 6.18 Å². The number of nitrogens with zero attached hydrogens (tertiary/aromatic N) is 4. The molecule has 9 heteroatoms. The highest BCUT2D eigenvalue weighted by molar-refractivity contribution is 6.25. The van der Waals surface area contributed by atoms with Crippen molar-refractivity contribution in [1.82, 2.24) is 9.13 Å². The van der Waals surface area contributed by atoms with Gasteiger partial charge in [0.1, 0.15) is 22.3 Å². The Balaban J connectivity index is 1.12. The van der Waals surface area contributed by atoms with Gasteiger partial charge in [-0.15, -0.1) is 0 Å². The Morgan fingerprint density at radius 2 is 0.985 bits per heavy atom. The summed E-state index contributed by atoms with van der Waals surface area (Å²) in [4.78, 5) is 7.65. The summed E-state index contributed by atoms with van der Waals surface area (Å²) in [5, 5.41) is 7.90. The zero-order valence-corrected chi connectivity index (χ0v) is 34.5. The summed E-state index contributed by atoms with van der Waals surface area (Å²) in [6.45, 7) is 16.5. The second-order valence-corrected chi connectivity index (χ2v) is 16.5. The molecule has 66 heavy (non-hydrogen) atoms. The van der Waals surface area contributed by atoms with Crippen molar-refractivity contribution in [3.63, 3.8) is 0 Å². The Kier molecular flexibility index (Phi) is 7.80. The van der Waals surface area contributed by atoms with Gasteiger partial charge in [-0.2, -0.15) is 13.2 Å². The van der Waals surface area contributed by atoms with Crippen molar-refractivity contribution in [3.05, 3.63) is 204 Å². The molecule has 0 radical (unpaired) electrons. The molecule has 4 aromatic heterocycles. The molecule has 4 heterocycles. The second-order valence-electron chi connectivity index (χ2n) is 16.5. The Hall–Kier alpha value is -9.05. The van der Waals surface area contributed by atoms with Crippen LogP contribution in [0.5, 0.6) is 0 Å². The fourth-order valence-corrected chi connectivity index (χ4v) is 10.1. The van der Waals surface area contributed by atoms with Crippen molar-refractivity contribution in [2.45, 2.75) is 6.18 Å². The molecule has 13 aromatic rings. The van der Waals surface area contributed by atoms with Gasteiger partial charge in [0.15, 0.2) is 11.4 Å². The molecular formula is C57H29F3N4O2. The van der Waals surface area contributed by atoms with E-state index in [9.17, 15) is 13.2 Å². The van der Waals surface area contributed by atoms with Crippen molar-refractivity contribution < 1.29 is 22.0 Å².